The smallest absolute Gasteiger partial charge is 0.410 e. The fourth-order valence-electron chi connectivity index (χ4n) is 2.97. The summed E-state index contributed by atoms with van der Waals surface area (Å²) in [6.07, 6.45) is 1.46. The van der Waals surface area contributed by atoms with Crippen molar-refractivity contribution in [2.24, 2.45) is 0 Å². The van der Waals surface area contributed by atoms with Gasteiger partial charge in [0.1, 0.15) is 18.0 Å². The highest BCUT2D eigenvalue weighted by atomic mass is 31.0. The average molecular weight is 336 g/mol. The maximum atomic E-state index is 12.3. The second-order valence-corrected chi connectivity index (χ2v) is 7.72. The molecule has 5 nitrogen and oxygen atoms in total. The molecule has 0 N–H and O–H groups in total. The maximum Gasteiger partial charge on any atom is 0.410 e. The van der Waals surface area contributed by atoms with Crippen LogP contribution in [0, 0.1) is 0 Å². The number of fused-ring (bicyclic) bond motifs is 2. The predicted octanol–water partition coefficient (Wildman–Crippen LogP) is 3.01. The number of benzene rings is 1. The first-order valence-corrected chi connectivity index (χ1v) is 8.64. The number of nitrogens with zero attached hydrogens (tertiary/aromatic N) is 2. The van der Waals surface area contributed by atoms with Crippen LogP contribution >= 0.6 is 9.39 Å². The molecule has 1 atom stereocenters. The zero-order valence-corrected chi connectivity index (χ0v) is 15.2. The van der Waals surface area contributed by atoms with Crippen molar-refractivity contribution >= 4 is 21.2 Å². The molecule has 0 bridgehead atoms. The van der Waals surface area contributed by atoms with Crippen LogP contribution in [0.4, 0.5) is 10.5 Å². The van der Waals surface area contributed by atoms with Crippen molar-refractivity contribution in [3.63, 3.8) is 0 Å². The molecule has 0 saturated heterocycles. The van der Waals surface area contributed by atoms with E-state index in [0.29, 0.717) is 19.7 Å². The van der Waals surface area contributed by atoms with Gasteiger partial charge in [-0.2, -0.15) is 0 Å². The lowest BCUT2D eigenvalue weighted by atomic mass is 10.0. The predicted molar refractivity (Wildman–Crippen MR) is 94.2 cm³/mol. The van der Waals surface area contributed by atoms with Gasteiger partial charge >= 0.3 is 6.09 Å². The molecule has 0 radical (unpaired) electrons. The summed E-state index contributed by atoms with van der Waals surface area (Å²) in [6.45, 7) is 8.66. The van der Waals surface area contributed by atoms with E-state index >= 15 is 0 Å². The van der Waals surface area contributed by atoms with Crippen LogP contribution < -0.4 is 9.41 Å². The molecule has 23 heavy (non-hydrogen) atoms. The van der Waals surface area contributed by atoms with E-state index in [1.165, 1.54) is 11.1 Å². The first-order chi connectivity index (χ1) is 10.8. The number of hydrogen-bond acceptors (Lipinski definition) is 4. The minimum Gasteiger partial charge on any atom is -0.490 e. The Balaban J connectivity index is 1.77. The Bertz CT molecular complexity index is 613. The lowest BCUT2D eigenvalue weighted by Gasteiger charge is -2.28. The van der Waals surface area contributed by atoms with Crippen LogP contribution in [0.1, 0.15) is 31.9 Å². The zero-order chi connectivity index (χ0) is 16.6. The van der Waals surface area contributed by atoms with Crippen molar-refractivity contribution in [3.8, 4) is 5.75 Å². The molecule has 2 heterocycles. The monoisotopic (exact) mass is 336 g/mol. The Morgan fingerprint density at radius 1 is 1.17 bits per heavy atom. The standard InChI is InChI=1S/C17H25N2O3P/c1-17(2,3)22-16(20)18-6-4-12-10-14-15(11-13(12)5-7-18)21-9-8-19(14)23/h10-11H,4-9,23H2,1-3H3. The van der Waals surface area contributed by atoms with Gasteiger partial charge in [-0.1, -0.05) is 0 Å². The summed E-state index contributed by atoms with van der Waals surface area (Å²) in [5.41, 5.74) is 3.23. The molecule has 0 spiro atoms. The van der Waals surface area contributed by atoms with Crippen LogP contribution in [0.5, 0.6) is 5.75 Å². The van der Waals surface area contributed by atoms with Gasteiger partial charge in [-0.15, -0.1) is 0 Å². The Morgan fingerprint density at radius 3 is 2.48 bits per heavy atom. The Hall–Kier alpha value is -1.48. The number of hydrogen-bond donors (Lipinski definition) is 0. The number of carbonyl (C=O) groups is 1. The Morgan fingerprint density at radius 2 is 1.83 bits per heavy atom. The third kappa shape index (κ3) is 3.72. The second-order valence-electron chi connectivity index (χ2n) is 7.10. The van der Waals surface area contributed by atoms with Gasteiger partial charge in [-0.25, -0.2) is 4.79 Å². The molecule has 1 amide bonds. The molecule has 0 aliphatic carbocycles. The first-order valence-electron chi connectivity index (χ1n) is 8.12. The highest BCUT2D eigenvalue weighted by Crippen LogP contribution is 2.37. The lowest BCUT2D eigenvalue weighted by Crippen LogP contribution is -2.38. The minimum absolute atomic E-state index is 0.223. The molecule has 2 aliphatic rings. The summed E-state index contributed by atoms with van der Waals surface area (Å²) in [4.78, 5) is 14.1. The van der Waals surface area contributed by atoms with Crippen LogP contribution in [0.2, 0.25) is 0 Å². The highest BCUT2D eigenvalue weighted by molar-refractivity contribution is 7.19. The number of amides is 1. The number of ether oxygens (including phenoxy) is 2. The van der Waals surface area contributed by atoms with Crippen molar-refractivity contribution in [1.82, 2.24) is 4.90 Å². The van der Waals surface area contributed by atoms with Gasteiger partial charge in [0, 0.05) is 13.1 Å². The fraction of sp³-hybridized carbons (Fsp3) is 0.588. The van der Waals surface area contributed by atoms with Gasteiger partial charge in [0.05, 0.1) is 12.2 Å². The van der Waals surface area contributed by atoms with Gasteiger partial charge in [-0.3, -0.25) is 0 Å². The quantitative estimate of drug-likeness (QED) is 0.683. The van der Waals surface area contributed by atoms with Gasteiger partial charge in [0.2, 0.25) is 0 Å². The van der Waals surface area contributed by atoms with E-state index in [-0.39, 0.29) is 6.09 Å². The van der Waals surface area contributed by atoms with E-state index in [0.717, 1.165) is 30.8 Å². The largest absolute Gasteiger partial charge is 0.490 e. The van der Waals surface area contributed by atoms with Crippen molar-refractivity contribution in [2.45, 2.75) is 39.2 Å². The average Bonchev–Trinajstić information content (AvgIpc) is 2.66. The van der Waals surface area contributed by atoms with Crippen LogP contribution in [0.3, 0.4) is 0 Å². The third-order valence-corrected chi connectivity index (χ3v) is 4.67. The van der Waals surface area contributed by atoms with Crippen LogP contribution in [-0.4, -0.2) is 42.8 Å². The van der Waals surface area contributed by atoms with E-state index in [9.17, 15) is 4.79 Å². The molecule has 126 valence electrons. The Labute approximate surface area is 140 Å². The van der Waals surface area contributed by atoms with Crippen molar-refractivity contribution in [2.75, 3.05) is 30.9 Å². The SMILES string of the molecule is CC(C)(C)OC(=O)N1CCc2cc3c(cc2CC1)N(P)CCO3. The van der Waals surface area contributed by atoms with Gasteiger partial charge in [0.15, 0.2) is 0 Å². The van der Waals surface area contributed by atoms with Gasteiger partial charge < -0.3 is 19.0 Å². The number of carbonyl (C=O) groups excluding carboxylic acids is 1. The van der Waals surface area contributed by atoms with E-state index in [4.69, 9.17) is 9.47 Å². The number of anilines is 1. The Kier molecular flexibility index (Phi) is 4.41. The molecular formula is C17H25N2O3P. The highest BCUT2D eigenvalue weighted by Gasteiger charge is 2.26. The van der Waals surface area contributed by atoms with Crippen molar-refractivity contribution < 1.29 is 14.3 Å². The topological polar surface area (TPSA) is 42.0 Å². The van der Waals surface area contributed by atoms with E-state index in [1.54, 1.807) is 0 Å². The van der Waals surface area contributed by atoms with E-state index in [1.807, 2.05) is 25.7 Å². The molecular weight excluding hydrogens is 311 g/mol. The molecule has 1 unspecified atom stereocenters. The molecule has 0 aromatic heterocycles. The van der Waals surface area contributed by atoms with Crippen LogP contribution in [-0.2, 0) is 17.6 Å². The van der Waals surface area contributed by atoms with Gasteiger partial charge in [0.25, 0.3) is 0 Å². The van der Waals surface area contributed by atoms with Gasteiger partial charge in [-0.05, 0) is 66.3 Å². The molecule has 1 aromatic rings. The van der Waals surface area contributed by atoms with E-state index in [2.05, 4.69) is 26.2 Å². The maximum absolute atomic E-state index is 12.3. The van der Waals surface area contributed by atoms with Crippen LogP contribution in [0.25, 0.3) is 0 Å². The summed E-state index contributed by atoms with van der Waals surface area (Å²) in [5, 5.41) is 0. The molecule has 3 rings (SSSR count). The molecule has 6 heteroatoms. The zero-order valence-electron chi connectivity index (χ0n) is 14.1. The molecule has 0 fully saturated rings. The summed E-state index contributed by atoms with van der Waals surface area (Å²) in [7, 11) is 2.75. The normalized spacial score (nSPS) is 17.7. The van der Waals surface area contributed by atoms with E-state index < -0.39 is 5.60 Å². The summed E-state index contributed by atoms with van der Waals surface area (Å²) in [6, 6.07) is 4.34. The summed E-state index contributed by atoms with van der Waals surface area (Å²) < 4.78 is 13.4. The van der Waals surface area contributed by atoms with Crippen LogP contribution in [0.15, 0.2) is 12.1 Å². The summed E-state index contributed by atoms with van der Waals surface area (Å²) in [5.74, 6) is 0.940. The lowest BCUT2D eigenvalue weighted by molar-refractivity contribution is 0.0258. The number of rotatable bonds is 0. The minimum atomic E-state index is -0.455. The van der Waals surface area contributed by atoms with Crippen molar-refractivity contribution in [3.05, 3.63) is 23.3 Å². The third-order valence-electron chi connectivity index (χ3n) is 4.13. The first kappa shape index (κ1) is 16.4. The second kappa shape index (κ2) is 6.20. The summed E-state index contributed by atoms with van der Waals surface area (Å²) >= 11 is 0. The molecule has 1 aromatic carbocycles. The fourth-order valence-corrected chi connectivity index (χ4v) is 3.27. The molecule has 0 saturated carbocycles. The molecule has 2 aliphatic heterocycles. The van der Waals surface area contributed by atoms with Crippen molar-refractivity contribution in [1.29, 1.82) is 0 Å².